The van der Waals surface area contributed by atoms with E-state index in [1.165, 1.54) is 13.0 Å². The Hall–Kier alpha value is -1.62. The van der Waals surface area contributed by atoms with Crippen molar-refractivity contribution in [2.75, 3.05) is 25.0 Å². The summed E-state index contributed by atoms with van der Waals surface area (Å²) in [6.45, 7) is 10.1. The van der Waals surface area contributed by atoms with E-state index in [1.54, 1.807) is 0 Å². The van der Waals surface area contributed by atoms with Crippen LogP contribution in [0.3, 0.4) is 0 Å². The van der Waals surface area contributed by atoms with Crippen molar-refractivity contribution in [2.24, 2.45) is 7.05 Å². The number of nitrogens with one attached hydrogen (secondary N) is 1. The Bertz CT molecular complexity index is 559. The summed E-state index contributed by atoms with van der Waals surface area (Å²) in [4.78, 5) is 11.3. The minimum absolute atomic E-state index is 0.403. The van der Waals surface area contributed by atoms with Gasteiger partial charge in [-0.25, -0.2) is 9.97 Å². The van der Waals surface area contributed by atoms with E-state index in [0.717, 1.165) is 36.4 Å². The van der Waals surface area contributed by atoms with Gasteiger partial charge < -0.3 is 14.8 Å². The Kier molecular flexibility index (Phi) is 5.56. The maximum Gasteiger partial charge on any atom is 0.154 e. The van der Waals surface area contributed by atoms with Crippen LogP contribution in [0.4, 0.5) is 5.82 Å². The fourth-order valence-electron chi connectivity index (χ4n) is 2.63. The molecule has 0 aliphatic rings. The SMILES string of the molecule is CCN(CC)CCCC(C)Nc1nccc2c1ncn2C. The Morgan fingerprint density at radius 3 is 2.76 bits per heavy atom. The Balaban J connectivity index is 1.91. The first kappa shape index (κ1) is 15.8. The number of fused-ring (bicyclic) bond motifs is 1. The molecular formula is C16H27N5. The average Bonchev–Trinajstić information content (AvgIpc) is 2.86. The number of aryl methyl sites for hydroxylation is 1. The average molecular weight is 289 g/mol. The highest BCUT2D eigenvalue weighted by atomic mass is 15.1. The van der Waals surface area contributed by atoms with E-state index in [-0.39, 0.29) is 0 Å². The number of pyridine rings is 1. The number of aromatic nitrogens is 3. The van der Waals surface area contributed by atoms with Crippen LogP contribution in [0.5, 0.6) is 0 Å². The summed E-state index contributed by atoms with van der Waals surface area (Å²) < 4.78 is 2.02. The molecule has 0 spiro atoms. The highest BCUT2D eigenvalue weighted by Crippen LogP contribution is 2.19. The smallest absolute Gasteiger partial charge is 0.154 e. The first-order valence-electron chi connectivity index (χ1n) is 7.90. The topological polar surface area (TPSA) is 46.0 Å². The highest BCUT2D eigenvalue weighted by Gasteiger charge is 2.10. The summed E-state index contributed by atoms with van der Waals surface area (Å²) in [7, 11) is 2.01. The fourth-order valence-corrected chi connectivity index (χ4v) is 2.63. The maximum absolute atomic E-state index is 4.44. The minimum Gasteiger partial charge on any atom is -0.366 e. The van der Waals surface area contributed by atoms with Crippen molar-refractivity contribution in [3.8, 4) is 0 Å². The van der Waals surface area contributed by atoms with Gasteiger partial charge in [0, 0.05) is 19.3 Å². The molecule has 5 nitrogen and oxygen atoms in total. The molecule has 5 heteroatoms. The van der Waals surface area contributed by atoms with Crippen LogP contribution in [-0.4, -0.2) is 45.1 Å². The molecule has 1 atom stereocenters. The molecule has 0 saturated carbocycles. The van der Waals surface area contributed by atoms with E-state index in [0.29, 0.717) is 6.04 Å². The van der Waals surface area contributed by atoms with Gasteiger partial charge in [0.2, 0.25) is 0 Å². The lowest BCUT2D eigenvalue weighted by Crippen LogP contribution is -2.25. The molecule has 2 aromatic heterocycles. The van der Waals surface area contributed by atoms with Gasteiger partial charge in [0.05, 0.1) is 11.8 Å². The van der Waals surface area contributed by atoms with E-state index in [2.05, 4.69) is 41.0 Å². The molecule has 0 fully saturated rings. The van der Waals surface area contributed by atoms with Crippen molar-refractivity contribution in [2.45, 2.75) is 39.7 Å². The third-order valence-corrected chi connectivity index (χ3v) is 4.03. The third kappa shape index (κ3) is 3.94. The predicted octanol–water partition coefficient (Wildman–Crippen LogP) is 2.89. The van der Waals surface area contributed by atoms with Crippen LogP contribution in [0, 0.1) is 0 Å². The number of hydrogen-bond acceptors (Lipinski definition) is 4. The lowest BCUT2D eigenvalue weighted by atomic mass is 10.1. The molecule has 2 heterocycles. The molecular weight excluding hydrogens is 262 g/mol. The zero-order valence-corrected chi connectivity index (χ0v) is 13.6. The molecule has 0 saturated heterocycles. The zero-order valence-electron chi connectivity index (χ0n) is 13.6. The van der Waals surface area contributed by atoms with E-state index < -0.39 is 0 Å². The Morgan fingerprint density at radius 1 is 1.29 bits per heavy atom. The number of imidazole rings is 1. The van der Waals surface area contributed by atoms with Crippen molar-refractivity contribution < 1.29 is 0 Å². The molecule has 2 aromatic rings. The van der Waals surface area contributed by atoms with Crippen LogP contribution < -0.4 is 5.32 Å². The summed E-state index contributed by atoms with van der Waals surface area (Å²) in [5.74, 6) is 0.892. The molecule has 0 bridgehead atoms. The molecule has 0 aliphatic heterocycles. The molecule has 0 aliphatic carbocycles. The number of hydrogen-bond donors (Lipinski definition) is 1. The lowest BCUT2D eigenvalue weighted by molar-refractivity contribution is 0.295. The van der Waals surface area contributed by atoms with Crippen molar-refractivity contribution in [3.05, 3.63) is 18.6 Å². The first-order chi connectivity index (χ1) is 10.2. The van der Waals surface area contributed by atoms with E-state index >= 15 is 0 Å². The fraction of sp³-hybridized carbons (Fsp3) is 0.625. The zero-order chi connectivity index (χ0) is 15.2. The standard InChI is InChI=1S/C16H27N5/c1-5-21(6-2)11-7-8-13(3)19-16-15-14(9-10-17-16)20(4)12-18-15/h9-10,12-13H,5-8,11H2,1-4H3,(H,17,19). The second-order valence-corrected chi connectivity index (χ2v) is 5.60. The second kappa shape index (κ2) is 7.41. The number of anilines is 1. The lowest BCUT2D eigenvalue weighted by Gasteiger charge is -2.20. The van der Waals surface area contributed by atoms with Crippen LogP contribution in [0.2, 0.25) is 0 Å². The van der Waals surface area contributed by atoms with Crippen molar-refractivity contribution in [1.29, 1.82) is 0 Å². The van der Waals surface area contributed by atoms with Gasteiger partial charge in [0.1, 0.15) is 5.52 Å². The summed E-state index contributed by atoms with van der Waals surface area (Å²) in [5, 5.41) is 3.50. The maximum atomic E-state index is 4.44. The van der Waals surface area contributed by atoms with E-state index in [1.807, 2.05) is 30.2 Å². The second-order valence-electron chi connectivity index (χ2n) is 5.60. The Labute approximate surface area is 127 Å². The van der Waals surface area contributed by atoms with Crippen molar-refractivity contribution >= 4 is 16.9 Å². The quantitative estimate of drug-likeness (QED) is 0.811. The predicted molar refractivity (Wildman–Crippen MR) is 88.6 cm³/mol. The van der Waals surface area contributed by atoms with Crippen LogP contribution in [0.15, 0.2) is 18.6 Å². The normalized spacial score (nSPS) is 13.0. The van der Waals surface area contributed by atoms with Crippen LogP contribution in [-0.2, 0) is 7.05 Å². The van der Waals surface area contributed by atoms with Gasteiger partial charge in [-0.3, -0.25) is 0 Å². The van der Waals surface area contributed by atoms with Crippen LogP contribution >= 0.6 is 0 Å². The number of nitrogens with zero attached hydrogens (tertiary/aromatic N) is 4. The van der Waals surface area contributed by atoms with E-state index in [4.69, 9.17) is 0 Å². The molecule has 21 heavy (non-hydrogen) atoms. The van der Waals surface area contributed by atoms with Crippen LogP contribution in [0.25, 0.3) is 11.0 Å². The van der Waals surface area contributed by atoms with Crippen LogP contribution in [0.1, 0.15) is 33.6 Å². The van der Waals surface area contributed by atoms with Gasteiger partial charge >= 0.3 is 0 Å². The summed E-state index contributed by atoms with van der Waals surface area (Å²) in [5.41, 5.74) is 2.07. The van der Waals surface area contributed by atoms with Crippen molar-refractivity contribution in [1.82, 2.24) is 19.4 Å². The molecule has 1 N–H and O–H groups in total. The molecule has 1 unspecified atom stereocenters. The summed E-state index contributed by atoms with van der Waals surface area (Å²) >= 11 is 0. The van der Waals surface area contributed by atoms with E-state index in [9.17, 15) is 0 Å². The molecule has 0 radical (unpaired) electrons. The highest BCUT2D eigenvalue weighted by molar-refractivity contribution is 5.85. The minimum atomic E-state index is 0.403. The molecule has 0 amide bonds. The first-order valence-corrected chi connectivity index (χ1v) is 7.90. The van der Waals surface area contributed by atoms with Gasteiger partial charge in [0.25, 0.3) is 0 Å². The largest absolute Gasteiger partial charge is 0.366 e. The molecule has 116 valence electrons. The monoisotopic (exact) mass is 289 g/mol. The molecule has 2 rings (SSSR count). The van der Waals surface area contributed by atoms with Gasteiger partial charge in [-0.05, 0) is 45.5 Å². The number of rotatable bonds is 8. The third-order valence-electron chi connectivity index (χ3n) is 4.03. The van der Waals surface area contributed by atoms with Gasteiger partial charge in [-0.15, -0.1) is 0 Å². The summed E-state index contributed by atoms with van der Waals surface area (Å²) in [6.07, 6.45) is 6.02. The molecule has 0 aromatic carbocycles. The van der Waals surface area contributed by atoms with Gasteiger partial charge in [-0.1, -0.05) is 13.8 Å². The van der Waals surface area contributed by atoms with Gasteiger partial charge in [-0.2, -0.15) is 0 Å². The van der Waals surface area contributed by atoms with Gasteiger partial charge in [0.15, 0.2) is 5.82 Å². The Morgan fingerprint density at radius 2 is 2.05 bits per heavy atom. The van der Waals surface area contributed by atoms with Crippen molar-refractivity contribution in [3.63, 3.8) is 0 Å². The summed E-state index contributed by atoms with van der Waals surface area (Å²) in [6, 6.07) is 2.40.